The van der Waals surface area contributed by atoms with Crippen molar-refractivity contribution in [2.75, 3.05) is 6.61 Å². The van der Waals surface area contributed by atoms with E-state index in [1.807, 2.05) is 0 Å². The summed E-state index contributed by atoms with van der Waals surface area (Å²) in [5.41, 5.74) is 4.68. The van der Waals surface area contributed by atoms with Gasteiger partial charge in [-0.2, -0.15) is 0 Å². The van der Waals surface area contributed by atoms with Gasteiger partial charge in [-0.15, -0.1) is 0 Å². The lowest BCUT2D eigenvalue weighted by Gasteiger charge is -2.24. The van der Waals surface area contributed by atoms with Crippen LogP contribution in [0.5, 0.6) is 0 Å². The number of aryl methyl sites for hydroxylation is 3. The van der Waals surface area contributed by atoms with Gasteiger partial charge in [0.25, 0.3) is 0 Å². The quantitative estimate of drug-likeness (QED) is 0.852. The molecule has 2 rings (SSSR count). The van der Waals surface area contributed by atoms with E-state index in [2.05, 4.69) is 39.8 Å². The van der Waals surface area contributed by atoms with E-state index in [1.54, 1.807) is 0 Å². The summed E-state index contributed by atoms with van der Waals surface area (Å²) >= 11 is 0. The fraction of sp³-hybridized carbons (Fsp3) is 0.600. The van der Waals surface area contributed by atoms with Gasteiger partial charge in [-0.25, -0.2) is 0 Å². The topological polar surface area (TPSA) is 29.5 Å². The Balaban J connectivity index is 2.30. The van der Waals surface area contributed by atoms with Gasteiger partial charge in [-0.05, 0) is 55.4 Å². The Labute approximate surface area is 104 Å². The highest BCUT2D eigenvalue weighted by atomic mass is 16.5. The van der Waals surface area contributed by atoms with Crippen LogP contribution in [0.25, 0.3) is 0 Å². The summed E-state index contributed by atoms with van der Waals surface area (Å²) in [7, 11) is 0. The van der Waals surface area contributed by atoms with Crippen LogP contribution in [-0.4, -0.2) is 17.8 Å². The Morgan fingerprint density at radius 1 is 1.18 bits per heavy atom. The Hall–Kier alpha value is -0.860. The first-order valence-electron chi connectivity index (χ1n) is 6.38. The number of ether oxygens (including phenoxy) is 1. The second-order valence-electron chi connectivity index (χ2n) is 5.34. The molecule has 1 aromatic carbocycles. The molecule has 3 atom stereocenters. The molecule has 0 saturated carbocycles. The van der Waals surface area contributed by atoms with Crippen LogP contribution < -0.4 is 0 Å². The maximum atomic E-state index is 10.5. The average molecular weight is 234 g/mol. The molecule has 3 unspecified atom stereocenters. The minimum atomic E-state index is -0.494. The van der Waals surface area contributed by atoms with Crippen molar-refractivity contribution in [3.05, 3.63) is 34.4 Å². The van der Waals surface area contributed by atoms with Gasteiger partial charge in [0.1, 0.15) is 6.10 Å². The summed E-state index contributed by atoms with van der Waals surface area (Å²) in [6, 6.07) is 4.25. The molecular formula is C15H22O2. The van der Waals surface area contributed by atoms with E-state index in [0.29, 0.717) is 5.92 Å². The van der Waals surface area contributed by atoms with E-state index in [0.717, 1.165) is 24.2 Å². The first-order valence-corrected chi connectivity index (χ1v) is 6.38. The first-order chi connectivity index (χ1) is 8.00. The summed E-state index contributed by atoms with van der Waals surface area (Å²) in [6.45, 7) is 9.17. The third-order valence-electron chi connectivity index (χ3n) is 3.96. The molecule has 1 aliphatic heterocycles. The predicted octanol–water partition coefficient (Wildman–Crippen LogP) is 3.07. The number of hydrogen-bond donors (Lipinski definition) is 1. The van der Waals surface area contributed by atoms with Crippen LogP contribution in [0.1, 0.15) is 41.7 Å². The van der Waals surface area contributed by atoms with Crippen LogP contribution in [0.4, 0.5) is 0 Å². The number of rotatable bonds is 2. The van der Waals surface area contributed by atoms with Crippen molar-refractivity contribution in [1.29, 1.82) is 0 Å². The van der Waals surface area contributed by atoms with Gasteiger partial charge in [0.05, 0.1) is 6.10 Å². The third-order valence-corrected chi connectivity index (χ3v) is 3.96. The molecule has 2 heteroatoms. The fourth-order valence-corrected chi connectivity index (χ4v) is 2.60. The molecule has 1 saturated heterocycles. The highest BCUT2D eigenvalue weighted by Gasteiger charge is 2.32. The van der Waals surface area contributed by atoms with Crippen molar-refractivity contribution in [2.45, 2.75) is 46.3 Å². The van der Waals surface area contributed by atoms with Crippen molar-refractivity contribution in [2.24, 2.45) is 5.92 Å². The smallest absolute Gasteiger partial charge is 0.106 e. The van der Waals surface area contributed by atoms with E-state index in [1.165, 1.54) is 11.1 Å². The molecule has 1 N–H and O–H groups in total. The normalized spacial score (nSPS) is 26.2. The van der Waals surface area contributed by atoms with Gasteiger partial charge in [0.2, 0.25) is 0 Å². The Kier molecular flexibility index (Phi) is 3.55. The molecule has 0 radical (unpaired) electrons. The van der Waals surface area contributed by atoms with Crippen molar-refractivity contribution >= 4 is 0 Å². The van der Waals surface area contributed by atoms with E-state index in [9.17, 15) is 5.11 Å². The fourth-order valence-electron chi connectivity index (χ4n) is 2.60. The third kappa shape index (κ3) is 2.38. The van der Waals surface area contributed by atoms with Gasteiger partial charge in [0.15, 0.2) is 0 Å². The van der Waals surface area contributed by atoms with Crippen LogP contribution >= 0.6 is 0 Å². The summed E-state index contributed by atoms with van der Waals surface area (Å²) in [5.74, 6) is 0.436. The number of aliphatic hydroxyl groups excluding tert-OH is 1. The van der Waals surface area contributed by atoms with Crippen LogP contribution in [-0.2, 0) is 4.74 Å². The second-order valence-corrected chi connectivity index (χ2v) is 5.34. The lowest BCUT2D eigenvalue weighted by atomic mass is 9.90. The molecule has 1 fully saturated rings. The summed E-state index contributed by atoms with van der Waals surface area (Å²) in [5, 5.41) is 10.5. The molecule has 0 amide bonds. The molecule has 1 aromatic rings. The van der Waals surface area contributed by atoms with Crippen LogP contribution in [0.15, 0.2) is 12.1 Å². The minimum absolute atomic E-state index is 0.0455. The molecule has 17 heavy (non-hydrogen) atoms. The van der Waals surface area contributed by atoms with Gasteiger partial charge in [-0.3, -0.25) is 0 Å². The highest BCUT2D eigenvalue weighted by molar-refractivity contribution is 5.38. The van der Waals surface area contributed by atoms with Crippen LogP contribution in [0.2, 0.25) is 0 Å². The largest absolute Gasteiger partial charge is 0.386 e. The minimum Gasteiger partial charge on any atom is -0.386 e. The maximum Gasteiger partial charge on any atom is 0.106 e. The standard InChI is InChI=1S/C15H22O2/c1-9-5-6-17-15(9)14(16)13-8-11(3)10(2)7-12(13)4/h7-9,14-16H,5-6H2,1-4H3. The average Bonchev–Trinajstić information content (AvgIpc) is 2.69. The van der Waals surface area contributed by atoms with Gasteiger partial charge in [-0.1, -0.05) is 19.1 Å². The van der Waals surface area contributed by atoms with E-state index in [4.69, 9.17) is 4.74 Å². The Morgan fingerprint density at radius 3 is 2.41 bits per heavy atom. The molecule has 94 valence electrons. The van der Waals surface area contributed by atoms with E-state index in [-0.39, 0.29) is 6.10 Å². The predicted molar refractivity (Wildman–Crippen MR) is 69.1 cm³/mol. The lowest BCUT2D eigenvalue weighted by Crippen LogP contribution is -2.23. The molecule has 0 aliphatic carbocycles. The highest BCUT2D eigenvalue weighted by Crippen LogP contribution is 2.33. The number of aliphatic hydroxyl groups is 1. The number of benzene rings is 1. The summed E-state index contributed by atoms with van der Waals surface area (Å²) in [4.78, 5) is 0. The monoisotopic (exact) mass is 234 g/mol. The van der Waals surface area contributed by atoms with Crippen LogP contribution in [0, 0.1) is 26.7 Å². The first kappa shape index (κ1) is 12.6. The summed E-state index contributed by atoms with van der Waals surface area (Å²) in [6.07, 6.45) is 0.508. The Morgan fingerprint density at radius 2 is 1.82 bits per heavy atom. The summed E-state index contributed by atoms with van der Waals surface area (Å²) < 4.78 is 5.66. The van der Waals surface area contributed by atoms with Crippen molar-refractivity contribution in [3.8, 4) is 0 Å². The SMILES string of the molecule is Cc1cc(C)c(C(O)C2OCCC2C)cc1C. The second kappa shape index (κ2) is 4.79. The molecule has 1 aliphatic rings. The molecular weight excluding hydrogens is 212 g/mol. The van der Waals surface area contributed by atoms with Gasteiger partial charge in [0, 0.05) is 6.61 Å². The van der Waals surface area contributed by atoms with Crippen molar-refractivity contribution in [3.63, 3.8) is 0 Å². The number of hydrogen-bond acceptors (Lipinski definition) is 2. The lowest BCUT2D eigenvalue weighted by molar-refractivity contribution is -0.0181. The van der Waals surface area contributed by atoms with E-state index >= 15 is 0 Å². The molecule has 2 nitrogen and oxygen atoms in total. The van der Waals surface area contributed by atoms with Gasteiger partial charge < -0.3 is 9.84 Å². The van der Waals surface area contributed by atoms with Crippen molar-refractivity contribution < 1.29 is 9.84 Å². The zero-order chi connectivity index (χ0) is 12.6. The molecule has 1 heterocycles. The molecule has 0 aromatic heterocycles. The van der Waals surface area contributed by atoms with Crippen molar-refractivity contribution in [1.82, 2.24) is 0 Å². The van der Waals surface area contributed by atoms with Crippen LogP contribution in [0.3, 0.4) is 0 Å². The zero-order valence-corrected chi connectivity index (χ0v) is 11.2. The Bertz CT molecular complexity index is 412. The maximum absolute atomic E-state index is 10.5. The molecule has 0 spiro atoms. The molecule has 0 bridgehead atoms. The van der Waals surface area contributed by atoms with Gasteiger partial charge >= 0.3 is 0 Å². The zero-order valence-electron chi connectivity index (χ0n) is 11.2. The van der Waals surface area contributed by atoms with E-state index < -0.39 is 6.10 Å².